The van der Waals surface area contributed by atoms with Crippen molar-refractivity contribution in [1.29, 1.82) is 0 Å². The second kappa shape index (κ2) is 8.71. The molecule has 0 atom stereocenters. The van der Waals surface area contributed by atoms with Crippen molar-refractivity contribution >= 4 is 34.5 Å². The molecule has 0 aliphatic rings. The van der Waals surface area contributed by atoms with E-state index in [-0.39, 0.29) is 12.2 Å². The number of fused-ring (bicyclic) bond motifs is 1. The third-order valence-corrected chi connectivity index (χ3v) is 5.86. The van der Waals surface area contributed by atoms with Gasteiger partial charge in [0, 0.05) is 18.9 Å². The number of thiophene rings is 1. The average molecular weight is 462 g/mol. The highest BCUT2D eigenvalue weighted by Gasteiger charge is 2.22. The number of aromatic nitrogens is 5. The molecule has 0 fully saturated rings. The fraction of sp³-hybridized carbons (Fsp3) is 0.136. The van der Waals surface area contributed by atoms with Gasteiger partial charge < -0.3 is 15.1 Å². The highest BCUT2D eigenvalue weighted by molar-refractivity contribution is 7.13. The first-order chi connectivity index (χ1) is 16.1. The molecule has 0 bridgehead atoms. The largest absolute Gasteiger partial charge is 0.467 e. The van der Waals surface area contributed by atoms with Crippen LogP contribution in [0.1, 0.15) is 33.5 Å². The van der Waals surface area contributed by atoms with Crippen LogP contribution in [0.3, 0.4) is 0 Å². The molecule has 0 aliphatic heterocycles. The van der Waals surface area contributed by atoms with Crippen molar-refractivity contribution in [3.05, 3.63) is 77.6 Å². The molecular formula is C22H19N7O3S. The van der Waals surface area contributed by atoms with Crippen LogP contribution in [-0.4, -0.2) is 36.2 Å². The Hall–Kier alpha value is -4.25. The van der Waals surface area contributed by atoms with E-state index in [1.807, 2.05) is 30.5 Å². The fourth-order valence-corrected chi connectivity index (χ4v) is 4.10. The number of rotatable bonds is 7. The minimum absolute atomic E-state index is 0.112. The normalized spacial score (nSPS) is 11.1. The predicted molar refractivity (Wildman–Crippen MR) is 122 cm³/mol. The van der Waals surface area contributed by atoms with Crippen LogP contribution < -0.4 is 10.6 Å². The van der Waals surface area contributed by atoms with Crippen LogP contribution in [0.25, 0.3) is 16.2 Å². The Balaban J connectivity index is 1.41. The zero-order valence-corrected chi connectivity index (χ0v) is 18.4. The van der Waals surface area contributed by atoms with Gasteiger partial charge in [0.25, 0.3) is 11.8 Å². The molecule has 0 radical (unpaired) electrons. The number of carbonyl (C=O) groups is 2. The van der Waals surface area contributed by atoms with Crippen molar-refractivity contribution < 1.29 is 14.0 Å². The lowest BCUT2D eigenvalue weighted by Crippen LogP contribution is -2.25. The molecule has 166 valence electrons. The van der Waals surface area contributed by atoms with Crippen LogP contribution in [-0.2, 0) is 13.1 Å². The number of aryl methyl sites for hydroxylation is 1. The smallest absolute Gasteiger partial charge is 0.274 e. The Labute approximate surface area is 191 Å². The molecule has 0 saturated heterocycles. The van der Waals surface area contributed by atoms with Gasteiger partial charge in [-0.1, -0.05) is 6.07 Å². The Kier molecular flexibility index (Phi) is 5.45. The summed E-state index contributed by atoms with van der Waals surface area (Å²) in [6.45, 7) is 2.64. The maximum atomic E-state index is 13.1. The van der Waals surface area contributed by atoms with Crippen molar-refractivity contribution in [2.45, 2.75) is 20.0 Å². The van der Waals surface area contributed by atoms with Crippen molar-refractivity contribution in [3.63, 3.8) is 0 Å². The van der Waals surface area contributed by atoms with E-state index in [9.17, 15) is 9.59 Å². The molecule has 2 N–H and O–H groups in total. The number of furan rings is 1. The van der Waals surface area contributed by atoms with Crippen molar-refractivity contribution in [2.24, 2.45) is 0 Å². The molecule has 5 aromatic heterocycles. The van der Waals surface area contributed by atoms with E-state index in [4.69, 9.17) is 4.42 Å². The molecule has 2 amide bonds. The first-order valence-electron chi connectivity index (χ1n) is 10.2. The topological polar surface area (TPSA) is 119 Å². The van der Waals surface area contributed by atoms with Crippen LogP contribution in [0, 0.1) is 0 Å². The second-order valence-electron chi connectivity index (χ2n) is 7.06. The standard InChI is InChI=1S/C22H19N7O3S/c1-2-28-13-16(19(27-28)22(31)24-11-14-5-3-9-32-14)26-21(30)15-12-25-29-17(7-8-23-20(15)29)18-6-4-10-33-18/h3-10,12-13H,2,11H2,1H3,(H,24,31)(H,26,30). The quantitative estimate of drug-likeness (QED) is 0.383. The molecule has 33 heavy (non-hydrogen) atoms. The van der Waals surface area contributed by atoms with Crippen LogP contribution >= 0.6 is 11.3 Å². The molecule has 0 aromatic carbocycles. The molecule has 0 spiro atoms. The summed E-state index contributed by atoms with van der Waals surface area (Å²) >= 11 is 1.57. The monoisotopic (exact) mass is 461 g/mol. The SMILES string of the molecule is CCn1cc(NC(=O)c2cnn3c(-c4cccs4)ccnc23)c(C(=O)NCc2ccco2)n1. The fourth-order valence-electron chi connectivity index (χ4n) is 3.36. The summed E-state index contributed by atoms with van der Waals surface area (Å²) in [5.41, 5.74) is 1.96. The van der Waals surface area contributed by atoms with Crippen molar-refractivity contribution in [1.82, 2.24) is 29.7 Å². The van der Waals surface area contributed by atoms with Gasteiger partial charge >= 0.3 is 0 Å². The number of hydrogen-bond acceptors (Lipinski definition) is 7. The lowest BCUT2D eigenvalue weighted by molar-refractivity contribution is 0.0943. The number of nitrogens with one attached hydrogen (secondary N) is 2. The minimum Gasteiger partial charge on any atom is -0.467 e. The number of carbonyl (C=O) groups excluding carboxylic acids is 2. The Morgan fingerprint density at radius 1 is 1.18 bits per heavy atom. The summed E-state index contributed by atoms with van der Waals surface area (Å²) in [4.78, 5) is 31.2. The summed E-state index contributed by atoms with van der Waals surface area (Å²) in [5.74, 6) is -0.244. The second-order valence-corrected chi connectivity index (χ2v) is 8.01. The van der Waals surface area contributed by atoms with Gasteiger partial charge in [-0.3, -0.25) is 14.3 Å². The van der Waals surface area contributed by atoms with E-state index in [0.717, 1.165) is 10.6 Å². The Morgan fingerprint density at radius 2 is 2.09 bits per heavy atom. The molecule has 0 saturated carbocycles. The number of nitrogens with zero attached hydrogens (tertiary/aromatic N) is 5. The zero-order chi connectivity index (χ0) is 22.8. The summed E-state index contributed by atoms with van der Waals surface area (Å²) in [6, 6.07) is 9.28. The van der Waals surface area contributed by atoms with Gasteiger partial charge in [0.1, 0.15) is 11.3 Å². The lowest BCUT2D eigenvalue weighted by atomic mass is 10.2. The van der Waals surface area contributed by atoms with Crippen molar-refractivity contribution in [2.75, 3.05) is 5.32 Å². The van der Waals surface area contributed by atoms with E-state index < -0.39 is 11.8 Å². The van der Waals surface area contributed by atoms with E-state index in [1.54, 1.807) is 45.1 Å². The van der Waals surface area contributed by atoms with Gasteiger partial charge in [0.2, 0.25) is 0 Å². The summed E-state index contributed by atoms with van der Waals surface area (Å²) in [7, 11) is 0. The highest BCUT2D eigenvalue weighted by Crippen LogP contribution is 2.25. The molecule has 5 heterocycles. The molecular weight excluding hydrogens is 442 g/mol. The van der Waals surface area contributed by atoms with Gasteiger partial charge in [-0.25, -0.2) is 9.50 Å². The van der Waals surface area contributed by atoms with Crippen molar-refractivity contribution in [3.8, 4) is 10.6 Å². The molecule has 0 unspecified atom stereocenters. The highest BCUT2D eigenvalue weighted by atomic mass is 32.1. The van der Waals surface area contributed by atoms with Gasteiger partial charge in [0.15, 0.2) is 11.3 Å². The lowest BCUT2D eigenvalue weighted by Gasteiger charge is -2.06. The number of anilines is 1. The number of amides is 2. The predicted octanol–water partition coefficient (Wildman–Crippen LogP) is 3.45. The minimum atomic E-state index is -0.434. The Bertz CT molecular complexity index is 1420. The summed E-state index contributed by atoms with van der Waals surface area (Å²) in [5, 5.41) is 16.2. The first-order valence-corrected chi connectivity index (χ1v) is 11.1. The molecule has 0 aliphatic carbocycles. The van der Waals surface area contributed by atoms with Gasteiger partial charge in [-0.2, -0.15) is 10.2 Å². The Morgan fingerprint density at radius 3 is 2.85 bits per heavy atom. The maximum Gasteiger partial charge on any atom is 0.274 e. The number of hydrogen-bond donors (Lipinski definition) is 2. The maximum absolute atomic E-state index is 13.1. The van der Waals surface area contributed by atoms with E-state index in [2.05, 4.69) is 25.8 Å². The zero-order valence-electron chi connectivity index (χ0n) is 17.6. The molecule has 11 heteroatoms. The third kappa shape index (κ3) is 4.01. The van der Waals surface area contributed by atoms with E-state index in [1.165, 1.54) is 12.5 Å². The van der Waals surface area contributed by atoms with E-state index >= 15 is 0 Å². The average Bonchev–Trinajstić information content (AvgIpc) is 3.63. The first kappa shape index (κ1) is 20.6. The summed E-state index contributed by atoms with van der Waals surface area (Å²) in [6.07, 6.45) is 6.27. The molecule has 5 rings (SSSR count). The molecule has 10 nitrogen and oxygen atoms in total. The van der Waals surface area contributed by atoms with Gasteiger partial charge in [0.05, 0.1) is 35.3 Å². The van der Waals surface area contributed by atoms with Gasteiger partial charge in [-0.05, 0) is 36.6 Å². The van der Waals surface area contributed by atoms with Crippen LogP contribution in [0.15, 0.2) is 65.0 Å². The summed E-state index contributed by atoms with van der Waals surface area (Å²) < 4.78 is 8.46. The van der Waals surface area contributed by atoms with Gasteiger partial charge in [-0.15, -0.1) is 11.3 Å². The molecule has 5 aromatic rings. The van der Waals surface area contributed by atoms with Crippen LogP contribution in [0.4, 0.5) is 5.69 Å². The van der Waals surface area contributed by atoms with Crippen LogP contribution in [0.5, 0.6) is 0 Å². The van der Waals surface area contributed by atoms with Crippen LogP contribution in [0.2, 0.25) is 0 Å². The third-order valence-electron chi connectivity index (χ3n) is 4.97. The van der Waals surface area contributed by atoms with E-state index in [0.29, 0.717) is 29.2 Å².